The molecule has 1 aromatic rings. The molecule has 1 unspecified atom stereocenters. The summed E-state index contributed by atoms with van der Waals surface area (Å²) >= 11 is 0. The average molecular weight is 169 g/mol. The summed E-state index contributed by atoms with van der Waals surface area (Å²) in [6.07, 6.45) is -0.657. The fraction of sp³-hybridized carbons (Fsp3) is 0.333. The molecule has 0 spiro atoms. The van der Waals surface area contributed by atoms with E-state index in [2.05, 4.69) is 4.84 Å². The Kier molecular flexibility index (Phi) is 3.70. The summed E-state index contributed by atoms with van der Waals surface area (Å²) in [6.45, 7) is -0.0467. The van der Waals surface area contributed by atoms with Gasteiger partial charge in [-0.05, 0) is 5.56 Å². The van der Waals surface area contributed by atoms with Gasteiger partial charge in [0.1, 0.15) is 6.17 Å². The van der Waals surface area contributed by atoms with E-state index < -0.39 is 6.17 Å². The van der Waals surface area contributed by atoms with Crippen LogP contribution in [0.25, 0.3) is 0 Å². The Morgan fingerprint density at radius 2 is 2.00 bits per heavy atom. The van der Waals surface area contributed by atoms with Gasteiger partial charge in [-0.2, -0.15) is 0 Å². The monoisotopic (exact) mass is 169 g/mol. The second-order valence-electron chi connectivity index (χ2n) is 2.62. The molecule has 2 N–H and O–H groups in total. The van der Waals surface area contributed by atoms with Gasteiger partial charge < -0.3 is 4.84 Å². The summed E-state index contributed by atoms with van der Waals surface area (Å²) in [5.74, 6) is 4.74. The lowest BCUT2D eigenvalue weighted by Gasteiger charge is -2.05. The van der Waals surface area contributed by atoms with Crippen molar-refractivity contribution < 1.29 is 9.23 Å². The molecule has 0 amide bonds. The smallest absolute Gasteiger partial charge is 0.129 e. The quantitative estimate of drug-likeness (QED) is 0.692. The van der Waals surface area contributed by atoms with Gasteiger partial charge in [0, 0.05) is 6.42 Å². The molecule has 12 heavy (non-hydrogen) atoms. The molecular weight excluding hydrogens is 157 g/mol. The minimum Gasteiger partial charge on any atom is -0.302 e. The lowest BCUT2D eigenvalue weighted by Crippen LogP contribution is -2.16. The van der Waals surface area contributed by atoms with E-state index in [9.17, 15) is 4.39 Å². The van der Waals surface area contributed by atoms with Crippen LogP contribution in [0.5, 0.6) is 0 Å². The van der Waals surface area contributed by atoms with E-state index in [0.717, 1.165) is 5.56 Å². The van der Waals surface area contributed by atoms with Crippen molar-refractivity contribution in [3.05, 3.63) is 35.9 Å². The van der Waals surface area contributed by atoms with Crippen molar-refractivity contribution in [1.29, 1.82) is 0 Å². The van der Waals surface area contributed by atoms with E-state index in [4.69, 9.17) is 5.90 Å². The zero-order valence-electron chi connectivity index (χ0n) is 6.74. The number of alkyl halides is 1. The van der Waals surface area contributed by atoms with Gasteiger partial charge in [-0.3, -0.25) is 0 Å². The molecule has 0 fully saturated rings. The lowest BCUT2D eigenvalue weighted by molar-refractivity contribution is 0.0818. The zero-order valence-corrected chi connectivity index (χ0v) is 6.74. The molecule has 2 nitrogen and oxygen atoms in total. The summed E-state index contributed by atoms with van der Waals surface area (Å²) in [4.78, 5) is 4.20. The predicted octanol–water partition coefficient (Wildman–Crippen LogP) is 1.46. The molecule has 0 saturated heterocycles. The zero-order chi connectivity index (χ0) is 8.81. The van der Waals surface area contributed by atoms with Crippen LogP contribution in [0.3, 0.4) is 0 Å². The molecule has 66 valence electrons. The van der Waals surface area contributed by atoms with Crippen molar-refractivity contribution in [2.45, 2.75) is 12.6 Å². The topological polar surface area (TPSA) is 35.2 Å². The number of hydrogen-bond donors (Lipinski definition) is 1. The van der Waals surface area contributed by atoms with Gasteiger partial charge in [0.15, 0.2) is 0 Å². The molecule has 0 aromatic heterocycles. The van der Waals surface area contributed by atoms with Crippen LogP contribution in [0.15, 0.2) is 30.3 Å². The molecule has 1 atom stereocenters. The molecule has 0 aliphatic heterocycles. The summed E-state index contributed by atoms with van der Waals surface area (Å²) in [7, 11) is 0. The highest BCUT2D eigenvalue weighted by Gasteiger charge is 2.06. The highest BCUT2D eigenvalue weighted by molar-refractivity contribution is 5.15. The van der Waals surface area contributed by atoms with Gasteiger partial charge in [-0.15, -0.1) is 0 Å². The number of rotatable bonds is 4. The molecule has 0 aliphatic rings. The van der Waals surface area contributed by atoms with Crippen molar-refractivity contribution in [1.82, 2.24) is 0 Å². The van der Waals surface area contributed by atoms with Gasteiger partial charge in [0.2, 0.25) is 0 Å². The van der Waals surface area contributed by atoms with Crippen molar-refractivity contribution in [3.8, 4) is 0 Å². The van der Waals surface area contributed by atoms with E-state index in [1.54, 1.807) is 0 Å². The molecule has 0 bridgehead atoms. The highest BCUT2D eigenvalue weighted by Crippen LogP contribution is 2.05. The minimum atomic E-state index is -1.02. The molecule has 0 saturated carbocycles. The van der Waals surface area contributed by atoms with Crippen LogP contribution in [0.2, 0.25) is 0 Å². The normalized spacial score (nSPS) is 12.8. The summed E-state index contributed by atoms with van der Waals surface area (Å²) in [6, 6.07) is 9.42. The largest absolute Gasteiger partial charge is 0.302 e. The molecule has 0 heterocycles. The van der Waals surface area contributed by atoms with E-state index in [0.29, 0.717) is 6.42 Å². The first kappa shape index (κ1) is 9.16. The van der Waals surface area contributed by atoms with Crippen molar-refractivity contribution >= 4 is 0 Å². The molecule has 1 aromatic carbocycles. The van der Waals surface area contributed by atoms with Gasteiger partial charge in [-0.25, -0.2) is 10.3 Å². The number of hydrogen-bond acceptors (Lipinski definition) is 2. The van der Waals surface area contributed by atoms with Gasteiger partial charge in [0.05, 0.1) is 6.61 Å². The standard InChI is InChI=1S/C9H12FNO/c10-9(7-12-11)6-8-4-2-1-3-5-8/h1-5,9H,6-7,11H2. The molecule has 0 radical (unpaired) electrons. The molecule has 3 heteroatoms. The number of halogens is 1. The second-order valence-corrected chi connectivity index (χ2v) is 2.62. The van der Waals surface area contributed by atoms with Crippen molar-refractivity contribution in [3.63, 3.8) is 0 Å². The first-order valence-electron chi connectivity index (χ1n) is 3.82. The Labute approximate surface area is 71.1 Å². The third kappa shape index (κ3) is 2.98. The van der Waals surface area contributed by atoms with Crippen LogP contribution in [0.4, 0.5) is 4.39 Å². The van der Waals surface area contributed by atoms with Crippen LogP contribution in [-0.4, -0.2) is 12.8 Å². The Hall–Kier alpha value is -0.930. The fourth-order valence-electron chi connectivity index (χ4n) is 1.03. The van der Waals surface area contributed by atoms with Crippen molar-refractivity contribution in [2.75, 3.05) is 6.61 Å². The van der Waals surface area contributed by atoms with Crippen LogP contribution in [0, 0.1) is 0 Å². The number of benzene rings is 1. The SMILES string of the molecule is NOCC(F)Cc1ccccc1. The lowest BCUT2D eigenvalue weighted by atomic mass is 10.1. The predicted molar refractivity (Wildman–Crippen MR) is 45.2 cm³/mol. The van der Waals surface area contributed by atoms with E-state index in [-0.39, 0.29) is 6.61 Å². The highest BCUT2D eigenvalue weighted by atomic mass is 19.1. The Balaban J connectivity index is 2.41. The molecule has 0 aliphatic carbocycles. The Morgan fingerprint density at radius 1 is 1.33 bits per heavy atom. The van der Waals surface area contributed by atoms with Crippen LogP contribution in [0.1, 0.15) is 5.56 Å². The molecular formula is C9H12FNO. The third-order valence-electron chi connectivity index (χ3n) is 1.58. The maximum absolute atomic E-state index is 12.9. The summed E-state index contributed by atoms with van der Waals surface area (Å²) in [5.41, 5.74) is 0.960. The maximum Gasteiger partial charge on any atom is 0.129 e. The summed E-state index contributed by atoms with van der Waals surface area (Å²) < 4.78 is 12.9. The maximum atomic E-state index is 12.9. The van der Waals surface area contributed by atoms with Gasteiger partial charge >= 0.3 is 0 Å². The van der Waals surface area contributed by atoms with E-state index >= 15 is 0 Å². The Bertz CT molecular complexity index is 215. The van der Waals surface area contributed by atoms with Crippen molar-refractivity contribution in [2.24, 2.45) is 5.90 Å². The minimum absolute atomic E-state index is 0.0467. The third-order valence-corrected chi connectivity index (χ3v) is 1.58. The Morgan fingerprint density at radius 3 is 2.58 bits per heavy atom. The van der Waals surface area contributed by atoms with E-state index in [1.807, 2.05) is 30.3 Å². The van der Waals surface area contributed by atoms with Crippen LogP contribution < -0.4 is 5.90 Å². The van der Waals surface area contributed by atoms with Gasteiger partial charge in [-0.1, -0.05) is 30.3 Å². The van der Waals surface area contributed by atoms with Gasteiger partial charge in [0.25, 0.3) is 0 Å². The molecule has 1 rings (SSSR count). The van der Waals surface area contributed by atoms with Crippen LogP contribution >= 0.6 is 0 Å². The van der Waals surface area contributed by atoms with E-state index in [1.165, 1.54) is 0 Å². The fourth-order valence-corrected chi connectivity index (χ4v) is 1.03. The number of nitrogens with two attached hydrogens (primary N) is 1. The first-order valence-corrected chi connectivity index (χ1v) is 3.82. The average Bonchev–Trinajstić information content (AvgIpc) is 2.06. The summed E-state index contributed by atoms with van der Waals surface area (Å²) in [5, 5.41) is 0. The second kappa shape index (κ2) is 4.85. The van der Waals surface area contributed by atoms with Crippen LogP contribution in [-0.2, 0) is 11.3 Å². The first-order chi connectivity index (χ1) is 5.83.